The average Bonchev–Trinajstić information content (AvgIpc) is 2.39. The molecule has 2 rings (SSSR count). The van der Waals surface area contributed by atoms with Crippen LogP contribution in [-0.2, 0) is 10.2 Å². The van der Waals surface area contributed by atoms with Gasteiger partial charge >= 0.3 is 0 Å². The zero-order valence-corrected chi connectivity index (χ0v) is 12.1. The van der Waals surface area contributed by atoms with Crippen LogP contribution in [0.2, 0.25) is 5.02 Å². The lowest BCUT2D eigenvalue weighted by atomic mass is 9.84. The van der Waals surface area contributed by atoms with Gasteiger partial charge in [-0.25, -0.2) is 0 Å². The molecular formula is C14H20ClN3O. The summed E-state index contributed by atoms with van der Waals surface area (Å²) in [5, 5.41) is 3.91. The molecule has 4 nitrogen and oxygen atoms in total. The van der Waals surface area contributed by atoms with Crippen LogP contribution in [0.1, 0.15) is 19.4 Å². The third-order valence-electron chi connectivity index (χ3n) is 3.72. The van der Waals surface area contributed by atoms with E-state index in [1.165, 1.54) is 0 Å². The predicted octanol–water partition coefficient (Wildman–Crippen LogP) is 1.51. The van der Waals surface area contributed by atoms with E-state index in [9.17, 15) is 4.79 Å². The zero-order valence-electron chi connectivity index (χ0n) is 11.4. The Labute approximate surface area is 118 Å². The van der Waals surface area contributed by atoms with E-state index < -0.39 is 5.41 Å². The van der Waals surface area contributed by atoms with E-state index in [0.717, 1.165) is 37.4 Å². The van der Waals surface area contributed by atoms with Crippen LogP contribution in [0.5, 0.6) is 0 Å². The van der Waals surface area contributed by atoms with Crippen LogP contribution in [0.3, 0.4) is 0 Å². The number of anilines is 1. The lowest BCUT2D eigenvalue weighted by Crippen LogP contribution is -2.43. The van der Waals surface area contributed by atoms with Crippen LogP contribution < -0.4 is 16.0 Å². The number of carbonyl (C=O) groups is 1. The van der Waals surface area contributed by atoms with Gasteiger partial charge in [0.05, 0.1) is 5.41 Å². The number of primary amides is 1. The van der Waals surface area contributed by atoms with Gasteiger partial charge in [0, 0.05) is 36.9 Å². The largest absolute Gasteiger partial charge is 0.369 e. The second-order valence-electron chi connectivity index (χ2n) is 5.39. The molecule has 0 saturated carbocycles. The van der Waals surface area contributed by atoms with Crippen molar-refractivity contribution in [2.45, 2.75) is 19.3 Å². The predicted molar refractivity (Wildman–Crippen MR) is 78.8 cm³/mol. The van der Waals surface area contributed by atoms with Crippen molar-refractivity contribution < 1.29 is 4.79 Å². The van der Waals surface area contributed by atoms with Crippen molar-refractivity contribution >= 4 is 23.2 Å². The van der Waals surface area contributed by atoms with Crippen molar-refractivity contribution in [2.24, 2.45) is 5.73 Å². The smallest absolute Gasteiger partial charge is 0.227 e. The number of carbonyl (C=O) groups excluding carboxylic acids is 1. The fourth-order valence-electron chi connectivity index (χ4n) is 2.26. The minimum Gasteiger partial charge on any atom is -0.369 e. The summed E-state index contributed by atoms with van der Waals surface area (Å²) in [6, 6.07) is 5.84. The first kappa shape index (κ1) is 14.2. The monoisotopic (exact) mass is 281 g/mol. The van der Waals surface area contributed by atoms with Gasteiger partial charge in [0.2, 0.25) is 5.91 Å². The molecule has 0 aliphatic carbocycles. The summed E-state index contributed by atoms with van der Waals surface area (Å²) in [5.41, 5.74) is 6.56. The van der Waals surface area contributed by atoms with E-state index in [4.69, 9.17) is 17.3 Å². The Morgan fingerprint density at radius 1 is 1.37 bits per heavy atom. The Morgan fingerprint density at radius 2 is 2.00 bits per heavy atom. The number of benzene rings is 1. The number of hydrogen-bond donors (Lipinski definition) is 2. The highest BCUT2D eigenvalue weighted by Gasteiger charge is 2.29. The van der Waals surface area contributed by atoms with Gasteiger partial charge < -0.3 is 16.0 Å². The summed E-state index contributed by atoms with van der Waals surface area (Å²) in [6.45, 7) is 7.48. The van der Waals surface area contributed by atoms with E-state index in [2.05, 4.69) is 10.2 Å². The van der Waals surface area contributed by atoms with E-state index in [0.29, 0.717) is 5.02 Å². The Morgan fingerprint density at radius 3 is 2.53 bits per heavy atom. The van der Waals surface area contributed by atoms with Gasteiger partial charge in [-0.3, -0.25) is 4.79 Å². The van der Waals surface area contributed by atoms with Crippen molar-refractivity contribution in [3.63, 3.8) is 0 Å². The first-order valence-corrected chi connectivity index (χ1v) is 6.86. The molecule has 0 radical (unpaired) electrons. The molecule has 0 unspecified atom stereocenters. The van der Waals surface area contributed by atoms with Crippen LogP contribution >= 0.6 is 11.6 Å². The van der Waals surface area contributed by atoms with Gasteiger partial charge in [0.15, 0.2) is 0 Å². The van der Waals surface area contributed by atoms with Crippen LogP contribution in [0.15, 0.2) is 18.2 Å². The maximum atomic E-state index is 11.5. The Kier molecular flexibility index (Phi) is 4.02. The highest BCUT2D eigenvalue weighted by Crippen LogP contribution is 2.32. The molecule has 1 aliphatic heterocycles. The van der Waals surface area contributed by atoms with Gasteiger partial charge in [-0.1, -0.05) is 17.7 Å². The Hall–Kier alpha value is -1.26. The number of amides is 1. The van der Waals surface area contributed by atoms with E-state index in [1.807, 2.05) is 18.2 Å². The Balaban J connectivity index is 2.29. The number of rotatable bonds is 3. The van der Waals surface area contributed by atoms with Crippen LogP contribution in [0.25, 0.3) is 0 Å². The second-order valence-corrected chi connectivity index (χ2v) is 5.80. The number of hydrogen-bond acceptors (Lipinski definition) is 3. The van der Waals surface area contributed by atoms with Gasteiger partial charge in [0.1, 0.15) is 0 Å². The molecule has 19 heavy (non-hydrogen) atoms. The standard InChI is InChI=1S/C14H20ClN3O/c1-14(2,13(16)19)11-4-3-10(9-12(11)15)18-7-5-17-6-8-18/h3-4,9,17H,5-8H2,1-2H3,(H2,16,19). The maximum Gasteiger partial charge on any atom is 0.227 e. The molecule has 0 spiro atoms. The van der Waals surface area contributed by atoms with Gasteiger partial charge in [-0.15, -0.1) is 0 Å². The molecular weight excluding hydrogens is 262 g/mol. The number of halogens is 1. The molecule has 1 aromatic carbocycles. The fraction of sp³-hybridized carbons (Fsp3) is 0.500. The summed E-state index contributed by atoms with van der Waals surface area (Å²) in [7, 11) is 0. The summed E-state index contributed by atoms with van der Waals surface area (Å²) in [5.74, 6) is -0.371. The quantitative estimate of drug-likeness (QED) is 0.883. The summed E-state index contributed by atoms with van der Waals surface area (Å²) in [6.07, 6.45) is 0. The topological polar surface area (TPSA) is 58.4 Å². The first-order valence-electron chi connectivity index (χ1n) is 6.48. The minimum atomic E-state index is -0.751. The lowest BCUT2D eigenvalue weighted by Gasteiger charge is -2.30. The van der Waals surface area contributed by atoms with Crippen LogP contribution in [0, 0.1) is 0 Å². The number of nitrogens with two attached hydrogens (primary N) is 1. The summed E-state index contributed by atoms with van der Waals surface area (Å²) < 4.78 is 0. The first-order chi connectivity index (χ1) is 8.93. The second kappa shape index (κ2) is 5.39. The zero-order chi connectivity index (χ0) is 14.0. The van der Waals surface area contributed by atoms with Crippen molar-refractivity contribution in [3.05, 3.63) is 28.8 Å². The maximum absolute atomic E-state index is 11.5. The number of nitrogens with zero attached hydrogens (tertiary/aromatic N) is 1. The summed E-state index contributed by atoms with van der Waals surface area (Å²) >= 11 is 6.33. The molecule has 0 bridgehead atoms. The third kappa shape index (κ3) is 2.85. The fourth-order valence-corrected chi connectivity index (χ4v) is 2.67. The van der Waals surface area contributed by atoms with Crippen LogP contribution in [-0.4, -0.2) is 32.1 Å². The molecule has 0 atom stereocenters. The van der Waals surface area contributed by atoms with E-state index in [-0.39, 0.29) is 5.91 Å². The highest BCUT2D eigenvalue weighted by molar-refractivity contribution is 6.32. The normalized spacial score (nSPS) is 16.5. The molecule has 1 heterocycles. The molecule has 1 aliphatic rings. The van der Waals surface area contributed by atoms with Crippen molar-refractivity contribution in [2.75, 3.05) is 31.1 Å². The molecule has 5 heteroatoms. The van der Waals surface area contributed by atoms with Crippen molar-refractivity contribution in [1.29, 1.82) is 0 Å². The molecule has 1 saturated heterocycles. The molecule has 0 aromatic heterocycles. The molecule has 3 N–H and O–H groups in total. The lowest BCUT2D eigenvalue weighted by molar-refractivity contribution is -0.122. The van der Waals surface area contributed by atoms with Crippen molar-refractivity contribution in [3.8, 4) is 0 Å². The highest BCUT2D eigenvalue weighted by atomic mass is 35.5. The summed E-state index contributed by atoms with van der Waals surface area (Å²) in [4.78, 5) is 13.8. The van der Waals surface area contributed by atoms with E-state index in [1.54, 1.807) is 13.8 Å². The van der Waals surface area contributed by atoms with E-state index >= 15 is 0 Å². The van der Waals surface area contributed by atoms with Gasteiger partial charge in [-0.05, 0) is 31.5 Å². The molecule has 1 fully saturated rings. The molecule has 104 valence electrons. The molecule has 1 amide bonds. The SMILES string of the molecule is CC(C)(C(N)=O)c1ccc(N2CCNCC2)cc1Cl. The minimum absolute atomic E-state index is 0.371. The van der Waals surface area contributed by atoms with Crippen LogP contribution in [0.4, 0.5) is 5.69 Å². The number of nitrogens with one attached hydrogen (secondary N) is 1. The molecule has 1 aromatic rings. The number of piperazine rings is 1. The van der Waals surface area contributed by atoms with Gasteiger partial charge in [-0.2, -0.15) is 0 Å². The third-order valence-corrected chi connectivity index (χ3v) is 4.04. The van der Waals surface area contributed by atoms with Crippen molar-refractivity contribution in [1.82, 2.24) is 5.32 Å². The Bertz CT molecular complexity index is 482. The average molecular weight is 282 g/mol. The van der Waals surface area contributed by atoms with Gasteiger partial charge in [0.25, 0.3) is 0 Å².